The molecule has 2 nitrogen and oxygen atoms in total. The maximum Gasteiger partial charge on any atom is 0.303 e. The second-order valence-electron chi connectivity index (χ2n) is 6.54. The first-order chi connectivity index (χ1) is 11.8. The standard InChI is InChI=1S/C22H38O2/c1-2-3-4-5-6-7-8-9-10-11-12-13-14-15-16-17-18-19-20-21-22(23)24/h14-15,17,19H,2-13,16,20-21H2,1H3,(H,23,24). The van der Waals surface area contributed by atoms with Crippen LogP contribution in [0.4, 0.5) is 0 Å². The van der Waals surface area contributed by atoms with Crippen molar-refractivity contribution in [2.75, 3.05) is 0 Å². The van der Waals surface area contributed by atoms with Crippen molar-refractivity contribution in [3.05, 3.63) is 30.0 Å². The van der Waals surface area contributed by atoms with Crippen LogP contribution >= 0.6 is 0 Å². The third kappa shape index (κ3) is 20.7. The molecule has 24 heavy (non-hydrogen) atoms. The summed E-state index contributed by atoms with van der Waals surface area (Å²) in [5.41, 5.74) is 3.02. The number of carboxylic acids is 1. The Bertz CT molecular complexity index is 362. The van der Waals surface area contributed by atoms with Crippen LogP contribution in [-0.2, 0) is 4.79 Å². The van der Waals surface area contributed by atoms with Crippen LogP contribution in [0.15, 0.2) is 30.0 Å². The van der Waals surface area contributed by atoms with Crippen LogP contribution < -0.4 is 0 Å². The zero-order valence-corrected chi connectivity index (χ0v) is 15.8. The summed E-state index contributed by atoms with van der Waals surface area (Å²) in [6, 6.07) is 0. The maximum absolute atomic E-state index is 10.3. The Balaban J connectivity index is 3.23. The molecule has 0 amide bonds. The number of unbranched alkanes of at least 4 members (excludes halogenated alkanes) is 11. The predicted molar refractivity (Wildman–Crippen MR) is 104 cm³/mol. The van der Waals surface area contributed by atoms with Crippen LogP contribution in [0.3, 0.4) is 0 Å². The van der Waals surface area contributed by atoms with E-state index < -0.39 is 5.97 Å². The molecule has 0 saturated heterocycles. The van der Waals surface area contributed by atoms with E-state index >= 15 is 0 Å². The molecule has 0 bridgehead atoms. The van der Waals surface area contributed by atoms with Gasteiger partial charge in [0.15, 0.2) is 0 Å². The molecule has 0 saturated carbocycles. The van der Waals surface area contributed by atoms with E-state index in [2.05, 4.69) is 24.8 Å². The first kappa shape index (κ1) is 22.7. The monoisotopic (exact) mass is 334 g/mol. The molecule has 0 aromatic carbocycles. The van der Waals surface area contributed by atoms with Gasteiger partial charge in [0.25, 0.3) is 0 Å². The van der Waals surface area contributed by atoms with Gasteiger partial charge in [0.05, 0.1) is 0 Å². The first-order valence-electron chi connectivity index (χ1n) is 10.0. The van der Waals surface area contributed by atoms with E-state index in [1.165, 1.54) is 77.0 Å². The number of rotatable bonds is 17. The van der Waals surface area contributed by atoms with Crippen molar-refractivity contribution < 1.29 is 9.90 Å². The van der Waals surface area contributed by atoms with Crippen molar-refractivity contribution in [3.8, 4) is 0 Å². The van der Waals surface area contributed by atoms with Gasteiger partial charge in [0.2, 0.25) is 0 Å². The number of hydrogen-bond donors (Lipinski definition) is 1. The smallest absolute Gasteiger partial charge is 0.303 e. The number of carboxylic acid groups (broad SMARTS) is 1. The Hall–Kier alpha value is -1.27. The van der Waals surface area contributed by atoms with Gasteiger partial charge in [-0.3, -0.25) is 4.79 Å². The summed E-state index contributed by atoms with van der Waals surface area (Å²) in [5, 5.41) is 8.49. The summed E-state index contributed by atoms with van der Waals surface area (Å²) in [4.78, 5) is 10.3. The molecule has 0 aromatic rings. The Labute approximate surface area is 149 Å². The zero-order valence-electron chi connectivity index (χ0n) is 15.8. The molecule has 0 unspecified atom stereocenters. The lowest BCUT2D eigenvalue weighted by Gasteiger charge is -2.01. The highest BCUT2D eigenvalue weighted by Gasteiger charge is 1.92. The fourth-order valence-electron chi connectivity index (χ4n) is 2.64. The molecule has 0 rings (SSSR count). The van der Waals surface area contributed by atoms with E-state index in [1.807, 2.05) is 6.08 Å². The topological polar surface area (TPSA) is 37.3 Å². The van der Waals surface area contributed by atoms with Crippen LogP contribution in [0.1, 0.15) is 103 Å². The minimum Gasteiger partial charge on any atom is -0.481 e. The van der Waals surface area contributed by atoms with Gasteiger partial charge < -0.3 is 5.11 Å². The van der Waals surface area contributed by atoms with E-state index in [1.54, 1.807) is 6.08 Å². The molecular weight excluding hydrogens is 296 g/mol. The van der Waals surface area contributed by atoms with Crippen molar-refractivity contribution >= 4 is 5.97 Å². The molecule has 0 atom stereocenters. The average molecular weight is 335 g/mol. The van der Waals surface area contributed by atoms with E-state index in [4.69, 9.17) is 5.11 Å². The van der Waals surface area contributed by atoms with Crippen LogP contribution in [0.2, 0.25) is 0 Å². The van der Waals surface area contributed by atoms with Gasteiger partial charge in [-0.15, -0.1) is 5.73 Å². The van der Waals surface area contributed by atoms with Gasteiger partial charge in [0, 0.05) is 6.42 Å². The average Bonchev–Trinajstić information content (AvgIpc) is 2.56. The summed E-state index contributed by atoms with van der Waals surface area (Å²) < 4.78 is 0. The maximum atomic E-state index is 10.3. The summed E-state index contributed by atoms with van der Waals surface area (Å²) in [7, 11) is 0. The van der Waals surface area contributed by atoms with Crippen molar-refractivity contribution in [3.63, 3.8) is 0 Å². The van der Waals surface area contributed by atoms with Crippen LogP contribution in [0, 0.1) is 0 Å². The normalized spacial score (nSPS) is 10.7. The molecule has 0 fully saturated rings. The molecule has 0 spiro atoms. The van der Waals surface area contributed by atoms with E-state index in [0.717, 1.165) is 6.42 Å². The van der Waals surface area contributed by atoms with Gasteiger partial charge in [-0.1, -0.05) is 83.3 Å². The largest absolute Gasteiger partial charge is 0.481 e. The third-order valence-electron chi connectivity index (χ3n) is 4.13. The summed E-state index contributed by atoms with van der Waals surface area (Å²) in [6.07, 6.45) is 26.3. The van der Waals surface area contributed by atoms with Crippen LogP contribution in [0.25, 0.3) is 0 Å². The summed E-state index contributed by atoms with van der Waals surface area (Å²) >= 11 is 0. The zero-order chi connectivity index (χ0) is 17.7. The highest BCUT2D eigenvalue weighted by molar-refractivity contribution is 5.66. The van der Waals surface area contributed by atoms with E-state index in [-0.39, 0.29) is 6.42 Å². The van der Waals surface area contributed by atoms with Gasteiger partial charge in [-0.2, -0.15) is 0 Å². The predicted octanol–water partition coefficient (Wildman–Crippen LogP) is 7.21. The summed E-state index contributed by atoms with van der Waals surface area (Å²) in [6.45, 7) is 2.27. The van der Waals surface area contributed by atoms with E-state index in [0.29, 0.717) is 6.42 Å². The molecule has 1 N–H and O–H groups in total. The number of aliphatic carboxylic acids is 1. The first-order valence-corrected chi connectivity index (χ1v) is 10.0. The Morgan fingerprint density at radius 1 is 0.792 bits per heavy atom. The molecule has 0 aliphatic rings. The Kier molecular flexibility index (Phi) is 18.7. The van der Waals surface area contributed by atoms with Crippen LogP contribution in [0.5, 0.6) is 0 Å². The molecule has 0 aliphatic carbocycles. The summed E-state index contributed by atoms with van der Waals surface area (Å²) in [5.74, 6) is -0.750. The highest BCUT2D eigenvalue weighted by atomic mass is 16.4. The molecule has 0 radical (unpaired) electrons. The molecule has 138 valence electrons. The van der Waals surface area contributed by atoms with Gasteiger partial charge >= 0.3 is 5.97 Å². The number of carbonyl (C=O) groups is 1. The number of hydrogen-bond acceptors (Lipinski definition) is 1. The highest BCUT2D eigenvalue weighted by Crippen LogP contribution is 2.12. The van der Waals surface area contributed by atoms with Gasteiger partial charge in [0.1, 0.15) is 0 Å². The number of allylic oxidation sites excluding steroid dienone is 3. The Morgan fingerprint density at radius 2 is 1.38 bits per heavy atom. The van der Waals surface area contributed by atoms with Crippen LogP contribution in [-0.4, -0.2) is 11.1 Å². The fraction of sp³-hybridized carbons (Fsp3) is 0.727. The fourth-order valence-corrected chi connectivity index (χ4v) is 2.64. The van der Waals surface area contributed by atoms with Gasteiger partial charge in [-0.25, -0.2) is 0 Å². The van der Waals surface area contributed by atoms with E-state index in [9.17, 15) is 4.79 Å². The minimum atomic E-state index is -0.750. The van der Waals surface area contributed by atoms with Gasteiger partial charge in [-0.05, 0) is 37.8 Å². The second kappa shape index (κ2) is 19.8. The lowest BCUT2D eigenvalue weighted by Crippen LogP contribution is -1.91. The van der Waals surface area contributed by atoms with Crippen molar-refractivity contribution in [1.29, 1.82) is 0 Å². The van der Waals surface area contributed by atoms with Crippen molar-refractivity contribution in [1.82, 2.24) is 0 Å². The van der Waals surface area contributed by atoms with Crippen molar-refractivity contribution in [2.24, 2.45) is 0 Å². The quantitative estimate of drug-likeness (QED) is 0.173. The Morgan fingerprint density at radius 3 is 1.96 bits per heavy atom. The lowest BCUT2D eigenvalue weighted by atomic mass is 10.1. The molecule has 0 aromatic heterocycles. The third-order valence-corrected chi connectivity index (χ3v) is 4.13. The lowest BCUT2D eigenvalue weighted by molar-refractivity contribution is -0.136. The molecule has 0 heterocycles. The minimum absolute atomic E-state index is 0.190. The molecular formula is C22H38O2. The SMILES string of the molecule is CCCCCCCCCCCCCC=CCC=C=CCCC(=O)O. The molecule has 0 aliphatic heterocycles. The second-order valence-corrected chi connectivity index (χ2v) is 6.54. The van der Waals surface area contributed by atoms with Crippen molar-refractivity contribution in [2.45, 2.75) is 103 Å². The molecule has 2 heteroatoms.